The number of carbonyl (C=O) groups is 1. The minimum atomic E-state index is -5.18. The number of carbonyl (C=O) groups excluding carboxylic acids is 1. The van der Waals surface area contributed by atoms with Crippen LogP contribution in [-0.2, 0) is 50.0 Å². The molecule has 1 amide bonds. The first-order valence-corrected chi connectivity index (χ1v) is 25.5. The number of hydrogen-bond donors (Lipinski definition) is 7. The van der Waals surface area contributed by atoms with Gasteiger partial charge in [0.1, 0.15) is 44.1 Å². The average molecular weight is 1060 g/mol. The summed E-state index contributed by atoms with van der Waals surface area (Å²) in [5.41, 5.74) is -1.22. The van der Waals surface area contributed by atoms with Crippen LogP contribution in [0.4, 0.5) is 34.1 Å². The third-order valence-corrected chi connectivity index (χ3v) is 13.3. The lowest BCUT2D eigenvalue weighted by Gasteiger charge is -2.13. The number of aliphatic hydroxyl groups is 1. The first-order chi connectivity index (χ1) is 33.3. The molecule has 1 heterocycles. The Labute approximate surface area is 400 Å². The Morgan fingerprint density at radius 1 is 0.606 bits per heavy atom. The van der Waals surface area contributed by atoms with Gasteiger partial charge in [-0.2, -0.15) is 48.9 Å². The number of fused-ring (bicyclic) bond motifs is 2. The van der Waals surface area contributed by atoms with Crippen LogP contribution in [0.2, 0.25) is 0 Å². The minimum Gasteiger partial charge on any atom is -0.507 e. The fourth-order valence-corrected chi connectivity index (χ4v) is 9.10. The molecule has 6 aromatic rings. The van der Waals surface area contributed by atoms with Crippen molar-refractivity contribution < 1.29 is 86.2 Å². The third-order valence-electron chi connectivity index (χ3n) is 9.81. The maximum Gasteiger partial charge on any atom is 0.296 e. The summed E-state index contributed by atoms with van der Waals surface area (Å²) in [6.07, 6.45) is 0. The van der Waals surface area contributed by atoms with Crippen molar-refractivity contribution >= 4 is 108 Å². The molecule has 0 bridgehead atoms. The van der Waals surface area contributed by atoms with Crippen molar-refractivity contribution in [2.24, 2.45) is 35.8 Å². The van der Waals surface area contributed by atoms with E-state index < -0.39 is 113 Å². The van der Waals surface area contributed by atoms with E-state index in [0.717, 1.165) is 47.5 Å². The summed E-state index contributed by atoms with van der Waals surface area (Å²) in [5, 5.41) is 59.7. The molecule has 1 unspecified atom stereocenters. The molecule has 1 atom stereocenters. The lowest BCUT2D eigenvalue weighted by atomic mass is 10.1. The molecule has 0 fully saturated rings. The highest BCUT2D eigenvalue weighted by Crippen LogP contribution is 2.46. The van der Waals surface area contributed by atoms with Gasteiger partial charge in [0.25, 0.3) is 46.4 Å². The van der Waals surface area contributed by atoms with Gasteiger partial charge in [0.2, 0.25) is 11.9 Å². The maximum atomic E-state index is 13.3. The van der Waals surface area contributed by atoms with Gasteiger partial charge in [-0.15, -0.1) is 25.6 Å². The van der Waals surface area contributed by atoms with Gasteiger partial charge in [-0.3, -0.25) is 23.0 Å². The van der Waals surface area contributed by atoms with E-state index >= 15 is 0 Å². The summed E-state index contributed by atoms with van der Waals surface area (Å²) in [4.78, 5) is 10.2. The van der Waals surface area contributed by atoms with Gasteiger partial charge in [0.15, 0.2) is 12.5 Å². The van der Waals surface area contributed by atoms with Crippen molar-refractivity contribution in [2.75, 3.05) is 25.0 Å². The van der Waals surface area contributed by atoms with Gasteiger partial charge < -0.3 is 29.5 Å². The van der Waals surface area contributed by atoms with E-state index in [1.165, 1.54) is 30.3 Å². The molecule has 7 rings (SSSR count). The van der Waals surface area contributed by atoms with E-state index in [4.69, 9.17) is 14.2 Å². The van der Waals surface area contributed by atoms with Crippen molar-refractivity contribution in [3.63, 3.8) is 0 Å². The summed E-state index contributed by atoms with van der Waals surface area (Å²) >= 11 is 0. The molecule has 71 heavy (non-hydrogen) atoms. The molecule has 0 saturated carbocycles. The molecule has 6 aromatic carbocycles. The van der Waals surface area contributed by atoms with Gasteiger partial charge in [0, 0.05) is 29.0 Å². The fourth-order valence-electron chi connectivity index (χ4n) is 6.76. The van der Waals surface area contributed by atoms with Crippen LogP contribution in [0.25, 0.3) is 21.5 Å². The van der Waals surface area contributed by atoms with Crippen LogP contribution in [0.1, 0.15) is 13.8 Å². The Morgan fingerprint density at radius 3 is 1.76 bits per heavy atom. The number of aromatic hydroxyl groups is 2. The molecule has 0 spiro atoms. The second-order valence-electron chi connectivity index (χ2n) is 14.4. The smallest absolute Gasteiger partial charge is 0.296 e. The predicted molar refractivity (Wildman–Crippen MR) is 245 cm³/mol. The molecule has 1 aliphatic rings. The van der Waals surface area contributed by atoms with Crippen LogP contribution in [-0.4, -0.2) is 105 Å². The molecular weight excluding hydrogens is 1020 g/mol. The fraction of sp³-hybridized carbons (Fsp3) is 0.150. The number of phenolic OH excluding ortho intramolecular Hbond substituents is 2. The summed E-state index contributed by atoms with van der Waals surface area (Å²) in [6.45, 7) is 2.27. The van der Waals surface area contributed by atoms with Crippen molar-refractivity contribution in [2.45, 2.75) is 39.5 Å². The van der Waals surface area contributed by atoms with Gasteiger partial charge in [-0.1, -0.05) is 0 Å². The van der Waals surface area contributed by atoms with Crippen molar-refractivity contribution in [1.29, 1.82) is 0 Å². The average Bonchev–Trinajstić information content (AvgIpc) is 3.60. The van der Waals surface area contributed by atoms with Gasteiger partial charge in [0.05, 0.1) is 45.5 Å². The highest BCUT2D eigenvalue weighted by atomic mass is 32.2. The van der Waals surface area contributed by atoms with Crippen molar-refractivity contribution in [3.8, 4) is 23.0 Å². The van der Waals surface area contributed by atoms with Gasteiger partial charge in [-0.25, -0.2) is 0 Å². The Hall–Kier alpha value is -7.62. The van der Waals surface area contributed by atoms with E-state index in [1.807, 2.05) is 0 Å². The number of phenols is 2. The number of hydrogen-bond acceptors (Lipinski definition) is 22. The normalized spacial score (nSPS) is 14.9. The Bertz CT molecular complexity index is 3760. The van der Waals surface area contributed by atoms with E-state index in [0.29, 0.717) is 12.1 Å². The molecule has 0 aromatic heterocycles. The molecule has 372 valence electrons. The summed E-state index contributed by atoms with van der Waals surface area (Å²) in [7, 11) is -19.7. The van der Waals surface area contributed by atoms with E-state index in [9.17, 15) is 72.0 Å². The zero-order chi connectivity index (χ0) is 51.8. The molecule has 1 aliphatic heterocycles. The van der Waals surface area contributed by atoms with Crippen molar-refractivity contribution in [3.05, 3.63) is 84.9 Å². The van der Waals surface area contributed by atoms with Crippen LogP contribution < -0.4 is 14.5 Å². The first kappa shape index (κ1) is 51.2. The Morgan fingerprint density at radius 2 is 1.20 bits per heavy atom. The van der Waals surface area contributed by atoms with Crippen LogP contribution >= 0.6 is 0 Å². The standard InChI is InChI=1S/C40H34N8O19S4/c1-3-65-31-18-29(32(66-4-2)17-28(31)43-42-27-11-12-33(70(59,60)61)26-15-24(69(56,57)58)16-30(50)35(26)27)44-45-36-34(71(62,63)64)14-20-13-21(5-10-25(20)38(36)51)41-46-37-39(67-19-49)47-48(40(37)52)22-6-8-23(9-7-22)68(53,54)55/h5-18,37,49-51H,3-4,19H2,1-2H3,(H,53,54,55)(H,56,57,58)(H,59,60,61)(H,62,63,64). The second kappa shape index (κ2) is 19.6. The summed E-state index contributed by atoms with van der Waals surface area (Å²) in [6, 6.07) is 13.2. The molecule has 0 radical (unpaired) electrons. The number of amides is 1. The molecule has 31 heteroatoms. The molecule has 0 aliphatic carbocycles. The summed E-state index contributed by atoms with van der Waals surface area (Å²) in [5.74, 6) is -3.07. The predicted octanol–water partition coefficient (Wildman–Crippen LogP) is 6.80. The quantitative estimate of drug-likeness (QED) is 0.0297. The first-order valence-electron chi connectivity index (χ1n) is 19.8. The number of rotatable bonds is 16. The zero-order valence-electron chi connectivity index (χ0n) is 36.0. The number of aliphatic hydroxyl groups excluding tert-OH is 1. The highest BCUT2D eigenvalue weighted by Gasteiger charge is 2.39. The number of azo groups is 3. The summed E-state index contributed by atoms with van der Waals surface area (Å²) < 4.78 is 152. The van der Waals surface area contributed by atoms with E-state index in [1.54, 1.807) is 13.8 Å². The minimum absolute atomic E-state index is 0.000836. The van der Waals surface area contributed by atoms with Gasteiger partial charge in [-0.05, 0) is 86.0 Å². The number of nitrogens with zero attached hydrogens (tertiary/aromatic N) is 8. The number of hydrazone groups is 1. The van der Waals surface area contributed by atoms with Crippen LogP contribution in [0.3, 0.4) is 0 Å². The molecule has 7 N–H and O–H groups in total. The van der Waals surface area contributed by atoms with Crippen molar-refractivity contribution in [1.82, 2.24) is 0 Å². The third kappa shape index (κ3) is 10.9. The molecule has 0 saturated heterocycles. The molecular formula is C40H34N8O19S4. The topological polar surface area (TPSA) is 413 Å². The zero-order valence-corrected chi connectivity index (χ0v) is 39.3. The van der Waals surface area contributed by atoms with E-state index in [2.05, 4.69) is 35.8 Å². The van der Waals surface area contributed by atoms with Crippen LogP contribution in [0, 0.1) is 0 Å². The monoisotopic (exact) mass is 1060 g/mol. The largest absolute Gasteiger partial charge is 0.507 e. The highest BCUT2D eigenvalue weighted by molar-refractivity contribution is 7.86. The second-order valence-corrected chi connectivity index (χ2v) is 20.0. The number of benzene rings is 6. The van der Waals surface area contributed by atoms with Crippen LogP contribution in [0.5, 0.6) is 23.0 Å². The number of ether oxygens (including phenoxy) is 3. The Balaban J connectivity index is 1.23. The molecule has 27 nitrogen and oxygen atoms in total. The van der Waals surface area contributed by atoms with Crippen LogP contribution in [0.15, 0.2) is 140 Å². The Kier molecular flexibility index (Phi) is 14.2. The number of anilines is 1. The van der Waals surface area contributed by atoms with Gasteiger partial charge >= 0.3 is 0 Å². The maximum absolute atomic E-state index is 13.3. The van der Waals surface area contributed by atoms with E-state index in [-0.39, 0.29) is 63.9 Å². The lowest BCUT2D eigenvalue weighted by Crippen LogP contribution is -2.31. The lowest BCUT2D eigenvalue weighted by molar-refractivity contribution is -0.118. The SMILES string of the molecule is CCOc1cc(N=Nc2ccc(S(=O)(=O)O)c3cc(S(=O)(=O)O)cc(O)c23)c(OCC)cc1N=Nc1c(S(=O)(=O)O)cc2cc(N=NC3C(=O)N(c4ccc(S(=O)(=O)O)cc4)N=C3OCO)ccc2c1O.